The average Bonchev–Trinajstić information content (AvgIpc) is 2.73. The Kier molecular flexibility index (Phi) is 3.06. The zero-order valence-electron chi connectivity index (χ0n) is 9.75. The van der Waals surface area contributed by atoms with Gasteiger partial charge in [0.25, 0.3) is 0 Å². The molecule has 2 rings (SSSR count). The molecule has 0 bridgehead atoms. The van der Waals surface area contributed by atoms with Gasteiger partial charge in [0.1, 0.15) is 0 Å². The number of benzene rings is 1. The third-order valence-corrected chi connectivity index (χ3v) is 3.11. The number of carbonyl (C=O) groups is 2. The highest BCUT2D eigenvalue weighted by Crippen LogP contribution is 2.31. The molecule has 0 saturated heterocycles. The van der Waals surface area contributed by atoms with Gasteiger partial charge in [0, 0.05) is 17.1 Å². The smallest absolute Gasteiger partial charge is 0.311 e. The van der Waals surface area contributed by atoms with Crippen molar-refractivity contribution in [3.05, 3.63) is 36.0 Å². The summed E-state index contributed by atoms with van der Waals surface area (Å²) in [6.45, 7) is 1.41. The number of para-hydroxylation sites is 1. The van der Waals surface area contributed by atoms with E-state index in [1.807, 2.05) is 12.1 Å². The van der Waals surface area contributed by atoms with E-state index in [1.54, 1.807) is 18.3 Å². The summed E-state index contributed by atoms with van der Waals surface area (Å²) in [6.07, 6.45) is 1.57. The maximum absolute atomic E-state index is 11.3. The minimum atomic E-state index is -1.13. The summed E-state index contributed by atoms with van der Waals surface area (Å²) in [5.74, 6) is -4.29. The number of aromatic nitrogens is 1. The van der Waals surface area contributed by atoms with E-state index >= 15 is 0 Å². The largest absolute Gasteiger partial charge is 0.481 e. The predicted octanol–water partition coefficient (Wildman–Crippen LogP) is 2.06. The molecule has 2 atom stereocenters. The first-order chi connectivity index (χ1) is 8.52. The van der Waals surface area contributed by atoms with Gasteiger partial charge >= 0.3 is 11.9 Å². The molecule has 0 amide bonds. The lowest BCUT2D eigenvalue weighted by molar-refractivity contribution is -0.149. The van der Waals surface area contributed by atoms with E-state index in [9.17, 15) is 14.7 Å². The zero-order chi connectivity index (χ0) is 13.3. The molecule has 0 fully saturated rings. The highest BCUT2D eigenvalue weighted by atomic mass is 16.4. The Bertz CT molecular complexity index is 602. The van der Waals surface area contributed by atoms with Crippen LogP contribution in [0.1, 0.15) is 18.4 Å². The Balaban J connectivity index is 2.55. The average molecular weight is 247 g/mol. The standard InChI is InChI=1S/C13H13NO4/c1-7(12(15)16)11(13(17)18)9-6-14-10-5-3-2-4-8(9)10/h2-7,11,14H,1H3,(H,15,16)(H,17,18). The van der Waals surface area contributed by atoms with Gasteiger partial charge in [-0.2, -0.15) is 0 Å². The number of nitrogens with one attached hydrogen (secondary N) is 1. The van der Waals surface area contributed by atoms with E-state index in [2.05, 4.69) is 4.98 Å². The summed E-state index contributed by atoms with van der Waals surface area (Å²) >= 11 is 0. The van der Waals surface area contributed by atoms with Crippen molar-refractivity contribution in [1.82, 2.24) is 4.98 Å². The molecule has 2 aromatic rings. The lowest BCUT2D eigenvalue weighted by Gasteiger charge is -2.15. The van der Waals surface area contributed by atoms with Gasteiger partial charge in [-0.25, -0.2) is 0 Å². The van der Waals surface area contributed by atoms with Gasteiger partial charge in [0.05, 0.1) is 11.8 Å². The van der Waals surface area contributed by atoms with Gasteiger partial charge < -0.3 is 15.2 Å². The van der Waals surface area contributed by atoms with E-state index in [-0.39, 0.29) is 0 Å². The van der Waals surface area contributed by atoms with Crippen LogP contribution in [0.2, 0.25) is 0 Å². The van der Waals surface area contributed by atoms with E-state index in [1.165, 1.54) is 6.92 Å². The molecule has 5 heteroatoms. The van der Waals surface area contributed by atoms with Crippen LogP contribution >= 0.6 is 0 Å². The molecule has 1 aromatic heterocycles. The molecule has 0 aliphatic heterocycles. The lowest BCUT2D eigenvalue weighted by atomic mass is 9.87. The molecular weight excluding hydrogens is 234 g/mol. The van der Waals surface area contributed by atoms with Crippen LogP contribution in [0.5, 0.6) is 0 Å². The second-order valence-electron chi connectivity index (χ2n) is 4.23. The zero-order valence-corrected chi connectivity index (χ0v) is 9.75. The van der Waals surface area contributed by atoms with Crippen LogP contribution in [0.3, 0.4) is 0 Å². The number of aliphatic carboxylic acids is 2. The van der Waals surface area contributed by atoms with Crippen LogP contribution in [0, 0.1) is 5.92 Å². The Morgan fingerprint density at radius 1 is 1.17 bits per heavy atom. The maximum atomic E-state index is 11.3. The van der Waals surface area contributed by atoms with Crippen molar-refractivity contribution in [1.29, 1.82) is 0 Å². The normalized spacial score (nSPS) is 14.3. The number of H-pyrrole nitrogens is 1. The summed E-state index contributed by atoms with van der Waals surface area (Å²) < 4.78 is 0. The van der Waals surface area contributed by atoms with E-state index < -0.39 is 23.8 Å². The van der Waals surface area contributed by atoms with E-state index in [0.29, 0.717) is 5.56 Å². The SMILES string of the molecule is CC(C(=O)O)C(C(=O)O)c1c[nH]c2ccccc12. The number of carboxylic acid groups (broad SMARTS) is 2. The Morgan fingerprint density at radius 3 is 2.44 bits per heavy atom. The fraction of sp³-hybridized carbons (Fsp3) is 0.231. The van der Waals surface area contributed by atoms with Crippen LogP contribution in [0.4, 0.5) is 0 Å². The summed E-state index contributed by atoms with van der Waals surface area (Å²) in [7, 11) is 0. The molecule has 3 N–H and O–H groups in total. The molecule has 0 spiro atoms. The second kappa shape index (κ2) is 4.52. The molecule has 5 nitrogen and oxygen atoms in total. The van der Waals surface area contributed by atoms with Crippen molar-refractivity contribution in [2.75, 3.05) is 0 Å². The number of carboxylic acids is 2. The molecule has 1 heterocycles. The van der Waals surface area contributed by atoms with Crippen LogP contribution in [0.15, 0.2) is 30.5 Å². The highest BCUT2D eigenvalue weighted by Gasteiger charge is 2.33. The fourth-order valence-corrected chi connectivity index (χ4v) is 2.11. The third kappa shape index (κ3) is 1.95. The van der Waals surface area contributed by atoms with Crippen molar-refractivity contribution in [2.24, 2.45) is 5.92 Å². The number of hydrogen-bond donors (Lipinski definition) is 3. The molecule has 94 valence electrons. The minimum Gasteiger partial charge on any atom is -0.481 e. The second-order valence-corrected chi connectivity index (χ2v) is 4.23. The van der Waals surface area contributed by atoms with Crippen molar-refractivity contribution in [2.45, 2.75) is 12.8 Å². The first-order valence-electron chi connectivity index (χ1n) is 5.54. The number of hydrogen-bond acceptors (Lipinski definition) is 2. The van der Waals surface area contributed by atoms with Crippen LogP contribution in [-0.4, -0.2) is 27.1 Å². The van der Waals surface area contributed by atoms with Gasteiger partial charge in [-0.05, 0) is 11.6 Å². The summed E-state index contributed by atoms with van der Waals surface area (Å²) in [5.41, 5.74) is 1.31. The highest BCUT2D eigenvalue weighted by molar-refractivity contribution is 5.92. The van der Waals surface area contributed by atoms with Crippen molar-refractivity contribution < 1.29 is 19.8 Å². The van der Waals surface area contributed by atoms with Crippen LogP contribution < -0.4 is 0 Å². The monoisotopic (exact) mass is 247 g/mol. The minimum absolute atomic E-state index is 0.507. The van der Waals surface area contributed by atoms with E-state index in [4.69, 9.17) is 5.11 Å². The fourth-order valence-electron chi connectivity index (χ4n) is 2.11. The predicted molar refractivity (Wildman–Crippen MR) is 65.5 cm³/mol. The van der Waals surface area contributed by atoms with Crippen LogP contribution in [-0.2, 0) is 9.59 Å². The van der Waals surface area contributed by atoms with Gasteiger partial charge in [0.2, 0.25) is 0 Å². The first-order valence-corrected chi connectivity index (χ1v) is 5.54. The van der Waals surface area contributed by atoms with E-state index in [0.717, 1.165) is 10.9 Å². The summed E-state index contributed by atoms with van der Waals surface area (Å²) in [4.78, 5) is 25.3. The number of aromatic amines is 1. The maximum Gasteiger partial charge on any atom is 0.311 e. The summed E-state index contributed by atoms with van der Waals surface area (Å²) in [6, 6.07) is 7.23. The molecule has 2 unspecified atom stereocenters. The van der Waals surface area contributed by atoms with Gasteiger partial charge in [-0.3, -0.25) is 9.59 Å². The van der Waals surface area contributed by atoms with Gasteiger partial charge in [-0.15, -0.1) is 0 Å². The third-order valence-electron chi connectivity index (χ3n) is 3.11. The molecule has 0 radical (unpaired) electrons. The topological polar surface area (TPSA) is 90.4 Å². The molecular formula is C13H13NO4. The molecule has 0 saturated carbocycles. The number of rotatable bonds is 4. The number of fused-ring (bicyclic) bond motifs is 1. The Morgan fingerprint density at radius 2 is 1.83 bits per heavy atom. The molecule has 18 heavy (non-hydrogen) atoms. The quantitative estimate of drug-likeness (QED) is 0.771. The first kappa shape index (κ1) is 12.2. The van der Waals surface area contributed by atoms with Gasteiger partial charge in [-0.1, -0.05) is 25.1 Å². The van der Waals surface area contributed by atoms with Gasteiger partial charge in [0.15, 0.2) is 0 Å². The Labute approximate surface area is 103 Å². The lowest BCUT2D eigenvalue weighted by Crippen LogP contribution is -2.25. The van der Waals surface area contributed by atoms with Crippen molar-refractivity contribution in [3.63, 3.8) is 0 Å². The van der Waals surface area contributed by atoms with Crippen LogP contribution in [0.25, 0.3) is 10.9 Å². The Hall–Kier alpha value is -2.30. The summed E-state index contributed by atoms with van der Waals surface area (Å²) in [5, 5.41) is 19.0. The molecule has 1 aromatic carbocycles. The molecule has 0 aliphatic rings. The van der Waals surface area contributed by atoms with Crippen molar-refractivity contribution >= 4 is 22.8 Å². The van der Waals surface area contributed by atoms with Crippen molar-refractivity contribution in [3.8, 4) is 0 Å². The molecule has 0 aliphatic carbocycles.